The van der Waals surface area contributed by atoms with Gasteiger partial charge < -0.3 is 10.3 Å². The summed E-state index contributed by atoms with van der Waals surface area (Å²) in [7, 11) is 0. The van der Waals surface area contributed by atoms with Gasteiger partial charge in [0, 0.05) is 25.0 Å². The molecular formula is C15H28N2. The number of hydrogen-bond donors (Lipinski definition) is 1. The van der Waals surface area contributed by atoms with Crippen LogP contribution in [0.3, 0.4) is 0 Å². The summed E-state index contributed by atoms with van der Waals surface area (Å²) in [6, 6.07) is 2.46. The average molecular weight is 236 g/mol. The molecule has 0 aromatic carbocycles. The summed E-state index contributed by atoms with van der Waals surface area (Å²) in [6.07, 6.45) is 10.7. The number of aromatic nitrogens is 1. The topological polar surface area (TPSA) is 30.9 Å². The fraction of sp³-hybridized carbons (Fsp3) is 0.733. The van der Waals surface area contributed by atoms with Gasteiger partial charge in [-0.25, -0.2) is 0 Å². The second kappa shape index (κ2) is 7.54. The Morgan fingerprint density at radius 2 is 2.12 bits per heavy atom. The van der Waals surface area contributed by atoms with Crippen LogP contribution in [0, 0.1) is 5.92 Å². The highest BCUT2D eigenvalue weighted by Crippen LogP contribution is 2.16. The number of unbranched alkanes of at least 4 members (excludes halogenated alkanes) is 1. The Morgan fingerprint density at radius 3 is 2.71 bits per heavy atom. The summed E-state index contributed by atoms with van der Waals surface area (Å²) in [5, 5.41) is 0. The van der Waals surface area contributed by atoms with Crippen LogP contribution in [0.1, 0.15) is 52.0 Å². The minimum atomic E-state index is 0.257. The first-order valence-electron chi connectivity index (χ1n) is 7.05. The lowest BCUT2D eigenvalue weighted by molar-refractivity contribution is 0.391. The Morgan fingerprint density at radius 1 is 1.35 bits per heavy atom. The Bertz CT molecular complexity index is 302. The van der Waals surface area contributed by atoms with E-state index in [1.807, 2.05) is 0 Å². The molecule has 0 spiro atoms. The van der Waals surface area contributed by atoms with Gasteiger partial charge in [0.25, 0.3) is 0 Å². The van der Waals surface area contributed by atoms with Crippen molar-refractivity contribution in [2.75, 3.05) is 0 Å². The van der Waals surface area contributed by atoms with Gasteiger partial charge in [-0.3, -0.25) is 0 Å². The lowest BCUT2D eigenvalue weighted by Crippen LogP contribution is -2.17. The van der Waals surface area contributed by atoms with E-state index >= 15 is 0 Å². The molecule has 0 amide bonds. The van der Waals surface area contributed by atoms with E-state index in [4.69, 9.17) is 5.73 Å². The molecule has 0 fully saturated rings. The van der Waals surface area contributed by atoms with Gasteiger partial charge in [-0.15, -0.1) is 0 Å². The van der Waals surface area contributed by atoms with Crippen molar-refractivity contribution in [3.8, 4) is 0 Å². The zero-order valence-electron chi connectivity index (χ0n) is 11.7. The monoisotopic (exact) mass is 236 g/mol. The number of nitrogens with zero attached hydrogens (tertiary/aromatic N) is 1. The molecule has 0 bridgehead atoms. The van der Waals surface area contributed by atoms with Crippen LogP contribution in [0.15, 0.2) is 18.5 Å². The van der Waals surface area contributed by atoms with Gasteiger partial charge in [-0.1, -0.05) is 33.1 Å². The Hall–Kier alpha value is -0.760. The molecule has 1 aromatic heterocycles. The smallest absolute Gasteiger partial charge is 0.0247 e. The van der Waals surface area contributed by atoms with Crippen LogP contribution in [0.5, 0.6) is 0 Å². The molecule has 2 atom stereocenters. The van der Waals surface area contributed by atoms with E-state index in [0.29, 0.717) is 0 Å². The molecule has 0 saturated carbocycles. The van der Waals surface area contributed by atoms with Crippen molar-refractivity contribution in [2.45, 2.75) is 65.5 Å². The predicted molar refractivity (Wildman–Crippen MR) is 75.1 cm³/mol. The molecule has 0 radical (unpaired) electrons. The van der Waals surface area contributed by atoms with Crippen LogP contribution in [0.4, 0.5) is 0 Å². The molecular weight excluding hydrogens is 208 g/mol. The summed E-state index contributed by atoms with van der Waals surface area (Å²) >= 11 is 0. The molecule has 0 aliphatic rings. The lowest BCUT2D eigenvalue weighted by Gasteiger charge is -2.15. The van der Waals surface area contributed by atoms with Gasteiger partial charge in [0.2, 0.25) is 0 Å². The first kappa shape index (κ1) is 14.3. The van der Waals surface area contributed by atoms with Crippen molar-refractivity contribution in [3.63, 3.8) is 0 Å². The zero-order chi connectivity index (χ0) is 12.7. The maximum absolute atomic E-state index is 5.82. The molecule has 2 heteroatoms. The molecule has 98 valence electrons. The first-order valence-corrected chi connectivity index (χ1v) is 7.05. The lowest BCUT2D eigenvalue weighted by atomic mass is 9.99. The highest BCUT2D eigenvalue weighted by molar-refractivity contribution is 5.11. The molecule has 1 rings (SSSR count). The van der Waals surface area contributed by atoms with Gasteiger partial charge in [0.15, 0.2) is 0 Å². The third kappa shape index (κ3) is 5.40. The molecule has 2 unspecified atom stereocenters. The first-order chi connectivity index (χ1) is 8.15. The molecule has 17 heavy (non-hydrogen) atoms. The van der Waals surface area contributed by atoms with Gasteiger partial charge in [-0.05, 0) is 37.3 Å². The van der Waals surface area contributed by atoms with Crippen molar-refractivity contribution >= 4 is 0 Å². The van der Waals surface area contributed by atoms with Crippen LogP contribution in [-0.2, 0) is 13.0 Å². The van der Waals surface area contributed by atoms with Crippen molar-refractivity contribution in [1.82, 2.24) is 4.57 Å². The quantitative estimate of drug-likeness (QED) is 0.734. The fourth-order valence-corrected chi connectivity index (χ4v) is 2.31. The Kier molecular flexibility index (Phi) is 6.35. The van der Waals surface area contributed by atoms with E-state index in [0.717, 1.165) is 18.9 Å². The van der Waals surface area contributed by atoms with Crippen LogP contribution < -0.4 is 5.73 Å². The number of nitrogens with two attached hydrogens (primary N) is 1. The van der Waals surface area contributed by atoms with Crippen molar-refractivity contribution in [2.24, 2.45) is 11.7 Å². The molecule has 1 aromatic rings. The number of rotatable bonds is 8. The van der Waals surface area contributed by atoms with Crippen molar-refractivity contribution in [3.05, 3.63) is 24.0 Å². The summed E-state index contributed by atoms with van der Waals surface area (Å²) in [6.45, 7) is 7.79. The third-order valence-corrected chi connectivity index (χ3v) is 3.38. The van der Waals surface area contributed by atoms with E-state index in [1.165, 1.54) is 31.2 Å². The molecule has 1 heterocycles. The maximum atomic E-state index is 5.82. The highest BCUT2D eigenvalue weighted by atomic mass is 14.9. The second-order valence-electron chi connectivity index (χ2n) is 5.31. The van der Waals surface area contributed by atoms with E-state index in [2.05, 4.69) is 43.8 Å². The highest BCUT2D eigenvalue weighted by Gasteiger charge is 2.07. The van der Waals surface area contributed by atoms with E-state index in [-0.39, 0.29) is 6.04 Å². The maximum Gasteiger partial charge on any atom is 0.0247 e. The Balaban J connectivity index is 2.46. The van der Waals surface area contributed by atoms with E-state index in [1.54, 1.807) is 0 Å². The van der Waals surface area contributed by atoms with Gasteiger partial charge in [-0.2, -0.15) is 0 Å². The summed E-state index contributed by atoms with van der Waals surface area (Å²) in [5.74, 6) is 0.825. The van der Waals surface area contributed by atoms with Gasteiger partial charge in [0.1, 0.15) is 0 Å². The SMILES string of the molecule is CCCCC(CC)Cn1ccc(CC(C)N)c1. The minimum absolute atomic E-state index is 0.257. The Labute approximate surface area is 106 Å². The van der Waals surface area contributed by atoms with E-state index < -0.39 is 0 Å². The van der Waals surface area contributed by atoms with Crippen molar-refractivity contribution in [1.29, 1.82) is 0 Å². The minimum Gasteiger partial charge on any atom is -0.354 e. The largest absolute Gasteiger partial charge is 0.354 e. The average Bonchev–Trinajstić information content (AvgIpc) is 2.70. The standard InChI is InChI=1S/C15H28N2/c1-4-6-7-14(5-2)11-17-9-8-15(12-17)10-13(3)16/h8-9,12-14H,4-7,10-11,16H2,1-3H3. The number of hydrogen-bond acceptors (Lipinski definition) is 1. The third-order valence-electron chi connectivity index (χ3n) is 3.38. The molecule has 0 saturated heterocycles. The van der Waals surface area contributed by atoms with E-state index in [9.17, 15) is 0 Å². The molecule has 2 nitrogen and oxygen atoms in total. The van der Waals surface area contributed by atoms with Crippen LogP contribution >= 0.6 is 0 Å². The van der Waals surface area contributed by atoms with Gasteiger partial charge >= 0.3 is 0 Å². The molecule has 2 N–H and O–H groups in total. The van der Waals surface area contributed by atoms with Crippen molar-refractivity contribution < 1.29 is 0 Å². The molecule has 0 aliphatic heterocycles. The summed E-state index contributed by atoms with van der Waals surface area (Å²) in [5.41, 5.74) is 7.18. The van der Waals surface area contributed by atoms with Crippen LogP contribution in [-0.4, -0.2) is 10.6 Å². The van der Waals surface area contributed by atoms with Gasteiger partial charge in [0.05, 0.1) is 0 Å². The predicted octanol–water partition coefficient (Wildman–Crippen LogP) is 3.59. The normalized spacial score (nSPS) is 14.8. The zero-order valence-corrected chi connectivity index (χ0v) is 11.7. The summed E-state index contributed by atoms with van der Waals surface area (Å²) in [4.78, 5) is 0. The van der Waals surface area contributed by atoms with Crippen LogP contribution in [0.2, 0.25) is 0 Å². The van der Waals surface area contributed by atoms with Crippen LogP contribution in [0.25, 0.3) is 0 Å². The summed E-state index contributed by atoms with van der Waals surface area (Å²) < 4.78 is 2.33. The molecule has 0 aliphatic carbocycles. The fourth-order valence-electron chi connectivity index (χ4n) is 2.31. The second-order valence-corrected chi connectivity index (χ2v) is 5.31.